The molecule has 8 fully saturated rings. The lowest BCUT2D eigenvalue weighted by Crippen LogP contribution is -2.41. The molecule has 0 amide bonds. The first-order chi connectivity index (χ1) is 67.2. The third-order valence-electron chi connectivity index (χ3n) is 35.2. The summed E-state index contributed by atoms with van der Waals surface area (Å²) in [5.41, 5.74) is 0.499. The average molecular weight is 1920 g/mol. The summed E-state index contributed by atoms with van der Waals surface area (Å²) in [5, 5.41) is 29.7. The first-order valence-electron chi connectivity index (χ1n) is 51.5. The van der Waals surface area contributed by atoms with Crippen molar-refractivity contribution in [2.45, 2.75) is 311 Å². The molecule has 24 heteroatoms. The van der Waals surface area contributed by atoms with Gasteiger partial charge in [0, 0.05) is 0 Å². The average Bonchev–Trinajstić information content (AvgIpc) is 1.42. The molecule has 8 aliphatic rings. The van der Waals surface area contributed by atoms with Gasteiger partial charge in [0.2, 0.25) is 0 Å². The van der Waals surface area contributed by atoms with Gasteiger partial charge < -0.3 is 74.5 Å². The second-order valence-corrected chi connectivity index (χ2v) is 49.0. The SMILES string of the molecule is CC1(C)OB(B2OC(C)(C)C(C)(C)O2)OC1(C)C.CC1(C)OB(c2ccc3c(ccc4c5cc(B6OC(C)(C)C(C)(C)O6)ccc5ccc34)c2)OC1(C)C.CC1(C)OB(c2ccc3c(ccc4c5ccc(B6OC(C)(C)C(C)(C)O6)cc5ccc34)c2)OC1(C)C.CC1(C)OB(c2ccc3ccc4c5cc(B6OC(C)(C)C(C)(C)O6)ccc5ccc4c3c2)OC1(C)C.c1ccc2c(c1)ccc1c3ccccc3ccc21. The molecule has 0 N–H and O–H groups in total. The van der Waals surface area contributed by atoms with Gasteiger partial charge in [0.1, 0.15) is 0 Å². The standard InChI is InChI=1S/3C30H34B2O4.C18H12.C12H24B2O4/c1-27(2)28(3,4)34-31(33-27)21-13-9-19-11-16-24-23(25(19)17-21)15-12-20-10-14-22(18-26(20)24)32-35-29(5,6)30(7,8)36-32;1-27(2)28(3,4)34-31(33-27)21-11-15-23-19(17-21)9-13-26-24-16-12-22(18-20(24)10-14-25(23)26)32-35-29(5,6)30(7,8)36-32;1-27(2)28(3,4)34-31(33-27)21-13-16-23-20(17-21)11-15-25-24(23)14-10-19-9-12-22(18-26(19)25)32-35-29(5,6)30(7,8)36-32;1-3-7-15-13(5-1)9-11-18-16-8-4-2-6-14(16)10-12-17(15)18;1-9(2)10(3,4)16-13(15-9)14-17-11(5,6)12(7,8)18-14/h3*9-18H,1-8H3;1-12H;1-8H3. The third-order valence-corrected chi connectivity index (χ3v) is 35.2. The van der Waals surface area contributed by atoms with Crippen LogP contribution in [0.1, 0.15) is 222 Å². The van der Waals surface area contributed by atoms with E-state index in [1.165, 1.54) is 129 Å². The van der Waals surface area contributed by atoms with Gasteiger partial charge in [0.15, 0.2) is 0 Å². The first-order valence-corrected chi connectivity index (χ1v) is 51.5. The zero-order chi connectivity index (χ0) is 103. The lowest BCUT2D eigenvalue weighted by Gasteiger charge is -2.32. The third kappa shape index (κ3) is 17.8. The number of benzene rings is 16. The topological polar surface area (TPSA) is 148 Å². The second-order valence-electron chi connectivity index (χ2n) is 49.0. The molecule has 16 aromatic rings. The van der Waals surface area contributed by atoms with Crippen LogP contribution in [0.5, 0.6) is 0 Å². The van der Waals surface area contributed by atoms with Crippen LogP contribution in [-0.4, -0.2) is 146 Å². The molecule has 0 bridgehead atoms. The molecule has 738 valence electrons. The van der Waals surface area contributed by atoms with Crippen LogP contribution in [0.2, 0.25) is 0 Å². The molecule has 0 spiro atoms. The number of hydrogen-bond acceptors (Lipinski definition) is 16. The Morgan fingerprint density at radius 2 is 0.250 bits per heavy atom. The molecule has 0 atom stereocenters. The van der Waals surface area contributed by atoms with Crippen LogP contribution in [0.4, 0.5) is 0 Å². The van der Waals surface area contributed by atoms with Crippen LogP contribution in [0.15, 0.2) is 255 Å². The molecule has 24 rings (SSSR count). The highest BCUT2D eigenvalue weighted by Crippen LogP contribution is 2.48. The molecule has 8 saturated heterocycles. The maximum atomic E-state index is 6.34. The maximum absolute atomic E-state index is 6.34. The van der Waals surface area contributed by atoms with E-state index in [2.05, 4.69) is 421 Å². The predicted octanol–water partition coefficient (Wildman–Crippen LogP) is 24.6. The fourth-order valence-corrected chi connectivity index (χ4v) is 20.3. The fraction of sp³-hybridized carbons (Fsp3) is 0.400. The van der Waals surface area contributed by atoms with Gasteiger partial charge in [-0.05, 0) is 384 Å². The van der Waals surface area contributed by atoms with Crippen molar-refractivity contribution in [3.8, 4) is 0 Å². The molecule has 0 aromatic heterocycles. The highest BCUT2D eigenvalue weighted by molar-refractivity contribution is 7.11. The molecule has 0 saturated carbocycles. The van der Waals surface area contributed by atoms with Crippen molar-refractivity contribution in [2.75, 3.05) is 0 Å². The van der Waals surface area contributed by atoms with Gasteiger partial charge >= 0.3 is 56.7 Å². The summed E-state index contributed by atoms with van der Waals surface area (Å²) >= 11 is 0. The van der Waals surface area contributed by atoms with E-state index >= 15 is 0 Å². The summed E-state index contributed by atoms with van der Waals surface area (Å²) in [5.74, 6) is 0. The summed E-state index contributed by atoms with van der Waals surface area (Å²) in [7, 11) is -3.19. The quantitative estimate of drug-likeness (QED) is 0.110. The van der Waals surface area contributed by atoms with Gasteiger partial charge in [-0.15, -0.1) is 0 Å². The van der Waals surface area contributed by atoms with Gasteiger partial charge in [-0.2, -0.15) is 0 Å². The Morgan fingerprint density at radius 3 is 0.451 bits per heavy atom. The Labute approximate surface area is 853 Å². The predicted molar refractivity (Wildman–Crippen MR) is 602 cm³/mol. The normalized spacial score (nSPS) is 22.1. The highest BCUT2D eigenvalue weighted by Gasteiger charge is 2.65. The van der Waals surface area contributed by atoms with Gasteiger partial charge in [-0.3, -0.25) is 0 Å². The van der Waals surface area contributed by atoms with Crippen molar-refractivity contribution in [1.82, 2.24) is 0 Å². The van der Waals surface area contributed by atoms with Gasteiger partial charge in [0.25, 0.3) is 0 Å². The van der Waals surface area contributed by atoms with E-state index in [9.17, 15) is 0 Å². The summed E-state index contributed by atoms with van der Waals surface area (Å²) in [6.07, 6.45) is 0. The van der Waals surface area contributed by atoms with Crippen LogP contribution < -0.4 is 32.8 Å². The molecule has 0 radical (unpaired) electrons. The van der Waals surface area contributed by atoms with Crippen molar-refractivity contribution in [1.29, 1.82) is 0 Å². The molecule has 8 aliphatic heterocycles. The Bertz CT molecular complexity index is 7350. The van der Waals surface area contributed by atoms with Crippen LogP contribution in [0, 0.1) is 0 Å². The van der Waals surface area contributed by atoms with Crippen LogP contribution >= 0.6 is 0 Å². The van der Waals surface area contributed by atoms with E-state index in [1.54, 1.807) is 0 Å². The van der Waals surface area contributed by atoms with Crippen LogP contribution in [0.3, 0.4) is 0 Å². The van der Waals surface area contributed by atoms with Crippen LogP contribution in [0.25, 0.3) is 129 Å². The minimum Gasteiger partial charge on any atom is -0.405 e. The molecule has 0 unspecified atom stereocenters. The maximum Gasteiger partial charge on any atom is 0.494 e. The van der Waals surface area contributed by atoms with Crippen molar-refractivity contribution in [2.24, 2.45) is 0 Å². The number of rotatable bonds is 7. The zero-order valence-corrected chi connectivity index (χ0v) is 90.4. The van der Waals surface area contributed by atoms with E-state index < -0.39 is 14.0 Å². The fourth-order valence-electron chi connectivity index (χ4n) is 20.3. The minimum atomic E-state index is -0.476. The van der Waals surface area contributed by atoms with Gasteiger partial charge in [-0.1, -0.05) is 255 Å². The minimum absolute atomic E-state index is 0.353. The lowest BCUT2D eigenvalue weighted by atomic mass is 9.49. The van der Waals surface area contributed by atoms with Crippen molar-refractivity contribution >= 4 is 219 Å². The smallest absolute Gasteiger partial charge is 0.405 e. The van der Waals surface area contributed by atoms with E-state index in [4.69, 9.17) is 74.5 Å². The molecule has 8 heterocycles. The molecular weight excluding hydrogens is 1780 g/mol. The van der Waals surface area contributed by atoms with E-state index in [1.807, 2.05) is 55.4 Å². The monoisotopic (exact) mass is 1920 g/mol. The van der Waals surface area contributed by atoms with Crippen molar-refractivity contribution in [3.63, 3.8) is 0 Å². The Morgan fingerprint density at radius 1 is 0.118 bits per heavy atom. The molecule has 16 aromatic carbocycles. The van der Waals surface area contributed by atoms with E-state index in [0.29, 0.717) is 0 Å². The number of hydrogen-bond donors (Lipinski definition) is 0. The van der Waals surface area contributed by atoms with Gasteiger partial charge in [0.05, 0.1) is 89.6 Å². The van der Waals surface area contributed by atoms with E-state index in [-0.39, 0.29) is 132 Å². The van der Waals surface area contributed by atoms with Crippen LogP contribution in [-0.2, 0) is 74.5 Å². The van der Waals surface area contributed by atoms with E-state index in [0.717, 1.165) is 32.8 Å². The highest BCUT2D eigenvalue weighted by atomic mass is 16.7. The molecule has 0 aliphatic carbocycles. The molecule has 16 nitrogen and oxygen atoms in total. The second kappa shape index (κ2) is 35.1. The van der Waals surface area contributed by atoms with Crippen molar-refractivity contribution < 1.29 is 74.5 Å². The zero-order valence-electron chi connectivity index (χ0n) is 90.4. The largest absolute Gasteiger partial charge is 0.494 e. The first kappa shape index (κ1) is 102. The summed E-state index contributed by atoms with van der Waals surface area (Å²) in [6, 6.07) is 91.7. The van der Waals surface area contributed by atoms with Gasteiger partial charge in [-0.25, -0.2) is 0 Å². The summed E-state index contributed by atoms with van der Waals surface area (Å²) in [6.45, 7) is 66.4. The Kier molecular flexibility index (Phi) is 24.8. The van der Waals surface area contributed by atoms with Crippen molar-refractivity contribution in [3.05, 3.63) is 255 Å². The Hall–Kier alpha value is -9.48. The lowest BCUT2D eigenvalue weighted by molar-refractivity contribution is 0.00578. The summed E-state index contributed by atoms with van der Waals surface area (Å²) < 4.78 is 99.6. The summed E-state index contributed by atoms with van der Waals surface area (Å²) in [4.78, 5) is 0. The molecular formula is C120H138B8O16. The number of fused-ring (bicyclic) bond motifs is 20. The molecule has 144 heavy (non-hydrogen) atoms. The Balaban J connectivity index is 0.000000113.